The van der Waals surface area contributed by atoms with E-state index in [9.17, 15) is 4.79 Å². The molecule has 0 saturated heterocycles. The second-order valence-electron chi connectivity index (χ2n) is 5.03. The van der Waals surface area contributed by atoms with E-state index in [4.69, 9.17) is 4.74 Å². The maximum Gasteiger partial charge on any atom is 0.249 e. The number of carbonyl (C=O) groups is 1. The molecule has 0 bridgehead atoms. The first-order valence-electron chi connectivity index (χ1n) is 7.43. The van der Waals surface area contributed by atoms with Gasteiger partial charge in [-0.05, 0) is 53.0 Å². The Morgan fingerprint density at radius 3 is 2.91 bits per heavy atom. The van der Waals surface area contributed by atoms with Crippen molar-refractivity contribution in [3.63, 3.8) is 0 Å². The molecule has 1 aromatic carbocycles. The van der Waals surface area contributed by atoms with Crippen molar-refractivity contribution in [1.29, 1.82) is 0 Å². The lowest BCUT2D eigenvalue weighted by Gasteiger charge is -2.07. The van der Waals surface area contributed by atoms with Crippen molar-refractivity contribution in [1.82, 2.24) is 4.98 Å². The van der Waals surface area contributed by atoms with Crippen LogP contribution < -0.4 is 10.1 Å². The summed E-state index contributed by atoms with van der Waals surface area (Å²) in [6.07, 6.45) is 5.83. The topological polar surface area (TPSA) is 51.2 Å². The van der Waals surface area contributed by atoms with Crippen molar-refractivity contribution in [2.45, 2.75) is 20.3 Å². The number of aromatic nitrogens is 1. The van der Waals surface area contributed by atoms with Crippen molar-refractivity contribution >= 4 is 33.7 Å². The zero-order chi connectivity index (χ0) is 16.7. The van der Waals surface area contributed by atoms with Crippen LogP contribution in [0.25, 0.3) is 6.08 Å². The van der Waals surface area contributed by atoms with Gasteiger partial charge in [0.05, 0.1) is 6.61 Å². The van der Waals surface area contributed by atoms with E-state index in [0.717, 1.165) is 27.8 Å². The minimum atomic E-state index is -0.232. The van der Waals surface area contributed by atoms with Gasteiger partial charge >= 0.3 is 0 Å². The number of para-hydroxylation sites is 1. The lowest BCUT2D eigenvalue weighted by molar-refractivity contribution is -0.111. The zero-order valence-electron chi connectivity index (χ0n) is 13.2. The van der Waals surface area contributed by atoms with Crippen LogP contribution in [0, 0.1) is 6.92 Å². The van der Waals surface area contributed by atoms with Gasteiger partial charge in [-0.1, -0.05) is 25.1 Å². The molecule has 0 aliphatic carbocycles. The highest BCUT2D eigenvalue weighted by molar-refractivity contribution is 9.10. The number of anilines is 1. The molecule has 1 amide bonds. The minimum Gasteiger partial charge on any atom is -0.493 e. The number of nitrogens with zero attached hydrogens (tertiary/aromatic N) is 1. The van der Waals surface area contributed by atoms with Gasteiger partial charge in [-0.2, -0.15) is 0 Å². The maximum absolute atomic E-state index is 12.0. The fourth-order valence-electron chi connectivity index (χ4n) is 1.90. The third kappa shape index (κ3) is 5.21. The number of rotatable bonds is 6. The number of halogens is 1. The van der Waals surface area contributed by atoms with Crippen LogP contribution in [-0.2, 0) is 4.79 Å². The molecule has 2 rings (SSSR count). The average molecular weight is 375 g/mol. The smallest absolute Gasteiger partial charge is 0.249 e. The van der Waals surface area contributed by atoms with Gasteiger partial charge in [0.2, 0.25) is 5.91 Å². The van der Waals surface area contributed by atoms with Crippen LogP contribution in [0.4, 0.5) is 5.82 Å². The molecular formula is C18H19BrN2O2. The third-order valence-electron chi connectivity index (χ3n) is 3.09. The summed E-state index contributed by atoms with van der Waals surface area (Å²) in [6.45, 7) is 4.65. The molecule has 0 saturated carbocycles. The van der Waals surface area contributed by atoms with E-state index >= 15 is 0 Å². The quantitative estimate of drug-likeness (QED) is 0.752. The number of carbonyl (C=O) groups excluding carboxylic acids is 1. The molecular weight excluding hydrogens is 356 g/mol. The first-order chi connectivity index (χ1) is 11.1. The Kier molecular flexibility index (Phi) is 6.35. The van der Waals surface area contributed by atoms with E-state index in [0.29, 0.717) is 12.4 Å². The van der Waals surface area contributed by atoms with Gasteiger partial charge in [0, 0.05) is 22.3 Å². The summed E-state index contributed by atoms with van der Waals surface area (Å²) in [4.78, 5) is 16.2. The number of pyridine rings is 1. The highest BCUT2D eigenvalue weighted by Crippen LogP contribution is 2.20. The number of aryl methyl sites for hydroxylation is 1. The van der Waals surface area contributed by atoms with Gasteiger partial charge in [-0.25, -0.2) is 4.98 Å². The molecule has 2 aromatic rings. The molecule has 0 spiro atoms. The molecule has 0 aliphatic rings. The number of ether oxygens (including phenoxy) is 1. The summed E-state index contributed by atoms with van der Waals surface area (Å²) in [5.74, 6) is 1.07. The van der Waals surface area contributed by atoms with Gasteiger partial charge in [-0.3, -0.25) is 4.79 Å². The summed E-state index contributed by atoms with van der Waals surface area (Å²) >= 11 is 3.38. The molecule has 5 heteroatoms. The highest BCUT2D eigenvalue weighted by atomic mass is 79.9. The number of hydrogen-bond acceptors (Lipinski definition) is 3. The van der Waals surface area contributed by atoms with Gasteiger partial charge in [0.1, 0.15) is 11.6 Å². The van der Waals surface area contributed by atoms with Crippen LogP contribution >= 0.6 is 15.9 Å². The molecule has 1 heterocycles. The molecule has 120 valence electrons. The molecule has 0 atom stereocenters. The summed E-state index contributed by atoms with van der Waals surface area (Å²) in [6, 6.07) is 9.45. The fourth-order valence-corrected chi connectivity index (χ4v) is 2.12. The highest BCUT2D eigenvalue weighted by Gasteiger charge is 2.03. The Balaban J connectivity index is 2.04. The average Bonchev–Trinajstić information content (AvgIpc) is 2.55. The minimum absolute atomic E-state index is 0.232. The predicted molar refractivity (Wildman–Crippen MR) is 96.6 cm³/mol. The normalized spacial score (nSPS) is 10.7. The number of hydrogen-bond donors (Lipinski definition) is 1. The van der Waals surface area contributed by atoms with Crippen LogP contribution in [0.3, 0.4) is 0 Å². The molecule has 0 fully saturated rings. The van der Waals surface area contributed by atoms with E-state index in [-0.39, 0.29) is 5.91 Å². The van der Waals surface area contributed by atoms with E-state index in [1.54, 1.807) is 12.3 Å². The summed E-state index contributed by atoms with van der Waals surface area (Å²) in [7, 11) is 0. The van der Waals surface area contributed by atoms with Crippen LogP contribution in [0.2, 0.25) is 0 Å². The monoisotopic (exact) mass is 374 g/mol. The molecule has 0 aliphatic heterocycles. The van der Waals surface area contributed by atoms with E-state index in [2.05, 4.69) is 33.2 Å². The van der Waals surface area contributed by atoms with E-state index in [1.165, 1.54) is 6.08 Å². The van der Waals surface area contributed by atoms with Crippen LogP contribution in [0.1, 0.15) is 24.5 Å². The summed E-state index contributed by atoms with van der Waals surface area (Å²) < 4.78 is 6.58. The third-order valence-corrected chi connectivity index (χ3v) is 3.92. The van der Waals surface area contributed by atoms with Crippen molar-refractivity contribution < 1.29 is 9.53 Å². The Morgan fingerprint density at radius 2 is 2.17 bits per heavy atom. The second kappa shape index (κ2) is 8.48. The fraction of sp³-hybridized carbons (Fsp3) is 0.222. The largest absolute Gasteiger partial charge is 0.493 e. The van der Waals surface area contributed by atoms with Crippen molar-refractivity contribution in [3.8, 4) is 5.75 Å². The Labute approximate surface area is 144 Å². The number of nitrogens with one attached hydrogen (secondary N) is 1. The van der Waals surface area contributed by atoms with Crippen molar-refractivity contribution in [2.24, 2.45) is 0 Å². The lowest BCUT2D eigenvalue weighted by atomic mass is 10.2. The van der Waals surface area contributed by atoms with Gasteiger partial charge in [0.15, 0.2) is 0 Å². The van der Waals surface area contributed by atoms with Crippen LogP contribution in [0.5, 0.6) is 5.75 Å². The molecule has 0 unspecified atom stereocenters. The Hall–Kier alpha value is -2.14. The van der Waals surface area contributed by atoms with Gasteiger partial charge in [0.25, 0.3) is 0 Å². The maximum atomic E-state index is 12.0. The van der Waals surface area contributed by atoms with Crippen molar-refractivity contribution in [2.75, 3.05) is 11.9 Å². The van der Waals surface area contributed by atoms with Crippen LogP contribution in [0.15, 0.2) is 47.1 Å². The molecule has 4 nitrogen and oxygen atoms in total. The first kappa shape index (κ1) is 17.2. The predicted octanol–water partition coefficient (Wildman–Crippen LogP) is 4.59. The summed E-state index contributed by atoms with van der Waals surface area (Å²) in [5, 5.41) is 2.74. The van der Waals surface area contributed by atoms with Gasteiger partial charge in [-0.15, -0.1) is 0 Å². The SMILES string of the molecule is CCCOc1ccccc1/C=C/C(=O)Nc1cc(C)c(Br)cn1. The molecule has 0 radical (unpaired) electrons. The van der Waals surface area contributed by atoms with E-state index in [1.807, 2.05) is 37.3 Å². The number of amides is 1. The van der Waals surface area contributed by atoms with Crippen molar-refractivity contribution in [3.05, 3.63) is 58.2 Å². The summed E-state index contributed by atoms with van der Waals surface area (Å²) in [5.41, 5.74) is 1.88. The lowest BCUT2D eigenvalue weighted by Crippen LogP contribution is -2.09. The first-order valence-corrected chi connectivity index (χ1v) is 8.22. The Morgan fingerprint density at radius 1 is 1.39 bits per heavy atom. The molecule has 1 N–H and O–H groups in total. The number of benzene rings is 1. The second-order valence-corrected chi connectivity index (χ2v) is 5.88. The zero-order valence-corrected chi connectivity index (χ0v) is 14.8. The molecule has 23 heavy (non-hydrogen) atoms. The van der Waals surface area contributed by atoms with Gasteiger partial charge < -0.3 is 10.1 Å². The van der Waals surface area contributed by atoms with Crippen LogP contribution in [-0.4, -0.2) is 17.5 Å². The van der Waals surface area contributed by atoms with E-state index < -0.39 is 0 Å². The molecule has 1 aromatic heterocycles. The Bertz CT molecular complexity index is 714. The standard InChI is InChI=1S/C18H19BrN2O2/c1-3-10-23-16-7-5-4-6-14(16)8-9-18(22)21-17-11-13(2)15(19)12-20-17/h4-9,11-12H,3,10H2,1-2H3,(H,20,21,22)/b9-8+.